The molecule has 8 heteroatoms. The highest BCUT2D eigenvalue weighted by atomic mass is 16.2. The van der Waals surface area contributed by atoms with E-state index in [-0.39, 0.29) is 29.0 Å². The SMILES string of the molecule is CCCCn1nc(C(=O)N2CCC(C(=O)Nc3cc(C)ccn3)CC2)ccc1=O. The third-order valence-electron chi connectivity index (χ3n) is 5.13. The van der Waals surface area contributed by atoms with Crippen molar-refractivity contribution in [1.29, 1.82) is 0 Å². The van der Waals surface area contributed by atoms with Crippen LogP contribution >= 0.6 is 0 Å². The molecule has 0 radical (unpaired) electrons. The van der Waals surface area contributed by atoms with Gasteiger partial charge in [0.05, 0.1) is 0 Å². The molecular formula is C21H27N5O3. The fourth-order valence-electron chi connectivity index (χ4n) is 3.37. The van der Waals surface area contributed by atoms with E-state index in [1.54, 1.807) is 11.1 Å². The van der Waals surface area contributed by atoms with Crippen LogP contribution in [0.25, 0.3) is 0 Å². The molecule has 0 aromatic carbocycles. The molecule has 1 fully saturated rings. The first-order valence-corrected chi connectivity index (χ1v) is 10.1. The number of aromatic nitrogens is 3. The zero-order valence-corrected chi connectivity index (χ0v) is 16.9. The van der Waals surface area contributed by atoms with Crippen LogP contribution in [0.5, 0.6) is 0 Å². The average molecular weight is 397 g/mol. The van der Waals surface area contributed by atoms with Crippen LogP contribution in [0.3, 0.4) is 0 Å². The van der Waals surface area contributed by atoms with Gasteiger partial charge in [0, 0.05) is 37.8 Å². The maximum Gasteiger partial charge on any atom is 0.274 e. The Kier molecular flexibility index (Phi) is 6.74. The molecule has 154 valence electrons. The third kappa shape index (κ3) is 5.28. The summed E-state index contributed by atoms with van der Waals surface area (Å²) in [5.74, 6) is 0.121. The van der Waals surface area contributed by atoms with Gasteiger partial charge < -0.3 is 10.2 Å². The zero-order chi connectivity index (χ0) is 20.8. The molecule has 3 rings (SSSR count). The summed E-state index contributed by atoms with van der Waals surface area (Å²) in [4.78, 5) is 43.0. The third-order valence-corrected chi connectivity index (χ3v) is 5.13. The molecule has 0 aliphatic carbocycles. The Hall–Kier alpha value is -3.03. The van der Waals surface area contributed by atoms with E-state index in [0.29, 0.717) is 38.3 Å². The van der Waals surface area contributed by atoms with E-state index < -0.39 is 0 Å². The topological polar surface area (TPSA) is 97.2 Å². The van der Waals surface area contributed by atoms with E-state index in [2.05, 4.69) is 15.4 Å². The van der Waals surface area contributed by atoms with Crippen molar-refractivity contribution in [3.8, 4) is 0 Å². The number of nitrogens with one attached hydrogen (secondary N) is 1. The lowest BCUT2D eigenvalue weighted by Gasteiger charge is -2.31. The largest absolute Gasteiger partial charge is 0.337 e. The second-order valence-corrected chi connectivity index (χ2v) is 7.41. The van der Waals surface area contributed by atoms with E-state index in [4.69, 9.17) is 0 Å². The molecule has 29 heavy (non-hydrogen) atoms. The monoisotopic (exact) mass is 397 g/mol. The Labute approximate surface area is 169 Å². The summed E-state index contributed by atoms with van der Waals surface area (Å²) in [5.41, 5.74) is 1.10. The van der Waals surface area contributed by atoms with Gasteiger partial charge in [-0.25, -0.2) is 9.67 Å². The van der Waals surface area contributed by atoms with Gasteiger partial charge in [-0.2, -0.15) is 5.10 Å². The standard InChI is InChI=1S/C21H27N5O3/c1-3-4-11-26-19(27)6-5-17(24-26)21(29)25-12-8-16(9-13-25)20(28)23-18-14-15(2)7-10-22-18/h5-7,10,14,16H,3-4,8-9,11-13H2,1-2H3,(H,22,23,28). The first-order chi connectivity index (χ1) is 14.0. The second-order valence-electron chi connectivity index (χ2n) is 7.41. The summed E-state index contributed by atoms with van der Waals surface area (Å²) in [6, 6.07) is 6.58. The van der Waals surface area contributed by atoms with Crippen LogP contribution < -0.4 is 10.9 Å². The number of aryl methyl sites for hydroxylation is 2. The molecule has 0 spiro atoms. The fraction of sp³-hybridized carbons (Fsp3) is 0.476. The lowest BCUT2D eigenvalue weighted by Crippen LogP contribution is -2.42. The highest BCUT2D eigenvalue weighted by Crippen LogP contribution is 2.20. The molecule has 2 aromatic heterocycles. The van der Waals surface area contributed by atoms with E-state index in [1.165, 1.54) is 16.8 Å². The lowest BCUT2D eigenvalue weighted by molar-refractivity contribution is -0.121. The summed E-state index contributed by atoms with van der Waals surface area (Å²) in [7, 11) is 0. The smallest absolute Gasteiger partial charge is 0.274 e. The van der Waals surface area contributed by atoms with Crippen LogP contribution in [-0.2, 0) is 11.3 Å². The van der Waals surface area contributed by atoms with Crippen molar-refractivity contribution in [2.24, 2.45) is 5.92 Å². The van der Waals surface area contributed by atoms with Gasteiger partial charge >= 0.3 is 0 Å². The minimum absolute atomic E-state index is 0.0681. The van der Waals surface area contributed by atoms with Crippen LogP contribution in [0.2, 0.25) is 0 Å². The zero-order valence-electron chi connectivity index (χ0n) is 16.9. The van der Waals surface area contributed by atoms with E-state index in [1.807, 2.05) is 26.0 Å². The van der Waals surface area contributed by atoms with Crippen molar-refractivity contribution in [3.63, 3.8) is 0 Å². The molecule has 1 aliphatic heterocycles. The van der Waals surface area contributed by atoms with E-state index >= 15 is 0 Å². The molecule has 2 aromatic rings. The van der Waals surface area contributed by atoms with Crippen LogP contribution in [0, 0.1) is 12.8 Å². The molecule has 0 bridgehead atoms. The number of piperidine rings is 1. The second kappa shape index (κ2) is 9.45. The number of rotatable bonds is 6. The molecule has 3 heterocycles. The summed E-state index contributed by atoms with van der Waals surface area (Å²) in [6.45, 7) is 5.45. The predicted molar refractivity (Wildman–Crippen MR) is 110 cm³/mol. The van der Waals surface area contributed by atoms with Crippen LogP contribution in [0.1, 0.15) is 48.7 Å². The Morgan fingerprint density at radius 2 is 1.97 bits per heavy atom. The normalized spacial score (nSPS) is 14.6. The molecular weight excluding hydrogens is 370 g/mol. The van der Waals surface area contributed by atoms with Crippen LogP contribution in [-0.4, -0.2) is 44.6 Å². The summed E-state index contributed by atoms with van der Waals surface area (Å²) in [6.07, 6.45) is 4.61. The molecule has 0 atom stereocenters. The van der Waals surface area contributed by atoms with Gasteiger partial charge in [0.15, 0.2) is 0 Å². The molecule has 0 saturated carbocycles. The van der Waals surface area contributed by atoms with Crippen molar-refractivity contribution in [2.75, 3.05) is 18.4 Å². The van der Waals surface area contributed by atoms with E-state index in [9.17, 15) is 14.4 Å². The van der Waals surface area contributed by atoms with Crippen LogP contribution in [0.15, 0.2) is 35.3 Å². The Bertz CT molecular complexity index is 932. The Morgan fingerprint density at radius 1 is 1.21 bits per heavy atom. The van der Waals surface area contributed by atoms with Crippen molar-refractivity contribution < 1.29 is 9.59 Å². The van der Waals surface area contributed by atoms with Crippen molar-refractivity contribution >= 4 is 17.6 Å². The van der Waals surface area contributed by atoms with Gasteiger partial charge in [-0.15, -0.1) is 0 Å². The molecule has 8 nitrogen and oxygen atoms in total. The maximum atomic E-state index is 12.8. The molecule has 1 saturated heterocycles. The molecule has 1 aliphatic rings. The highest BCUT2D eigenvalue weighted by Gasteiger charge is 2.28. The van der Waals surface area contributed by atoms with Gasteiger partial charge in [-0.3, -0.25) is 14.4 Å². The number of likely N-dealkylation sites (tertiary alicyclic amines) is 1. The van der Waals surface area contributed by atoms with Crippen molar-refractivity contribution in [1.82, 2.24) is 19.7 Å². The number of carbonyl (C=O) groups excluding carboxylic acids is 2. The fourth-order valence-corrected chi connectivity index (χ4v) is 3.37. The number of carbonyl (C=O) groups is 2. The Balaban J connectivity index is 1.58. The summed E-state index contributed by atoms with van der Waals surface area (Å²) >= 11 is 0. The van der Waals surface area contributed by atoms with Gasteiger partial charge in [0.2, 0.25) is 5.91 Å². The first-order valence-electron chi connectivity index (χ1n) is 10.1. The number of pyridine rings is 1. The van der Waals surface area contributed by atoms with Gasteiger partial charge in [0.1, 0.15) is 11.5 Å². The van der Waals surface area contributed by atoms with Crippen molar-refractivity contribution in [3.05, 3.63) is 52.1 Å². The molecule has 1 N–H and O–H groups in total. The minimum Gasteiger partial charge on any atom is -0.337 e. The maximum absolute atomic E-state index is 12.8. The number of amides is 2. The summed E-state index contributed by atoms with van der Waals surface area (Å²) < 4.78 is 1.35. The first kappa shape index (κ1) is 20.7. The molecule has 0 unspecified atom stereocenters. The van der Waals surface area contributed by atoms with Crippen LogP contribution in [0.4, 0.5) is 5.82 Å². The average Bonchev–Trinajstić information content (AvgIpc) is 2.73. The predicted octanol–water partition coefficient (Wildman–Crippen LogP) is 2.24. The molecule has 2 amide bonds. The number of unbranched alkanes of at least 4 members (excludes halogenated alkanes) is 1. The minimum atomic E-state index is -0.200. The number of hydrogen-bond acceptors (Lipinski definition) is 5. The van der Waals surface area contributed by atoms with E-state index in [0.717, 1.165) is 18.4 Å². The van der Waals surface area contributed by atoms with Gasteiger partial charge in [-0.05, 0) is 49.9 Å². The number of nitrogens with zero attached hydrogens (tertiary/aromatic N) is 4. The number of anilines is 1. The van der Waals surface area contributed by atoms with Gasteiger partial charge in [0.25, 0.3) is 11.5 Å². The van der Waals surface area contributed by atoms with Crippen molar-refractivity contribution in [2.45, 2.75) is 46.1 Å². The lowest BCUT2D eigenvalue weighted by atomic mass is 9.95. The highest BCUT2D eigenvalue weighted by molar-refractivity contribution is 5.93. The van der Waals surface area contributed by atoms with Gasteiger partial charge in [-0.1, -0.05) is 13.3 Å². The quantitative estimate of drug-likeness (QED) is 0.806. The number of hydrogen-bond donors (Lipinski definition) is 1. The summed E-state index contributed by atoms with van der Waals surface area (Å²) in [5, 5.41) is 7.09. The Morgan fingerprint density at radius 3 is 2.66 bits per heavy atom.